The van der Waals surface area contributed by atoms with Crippen LogP contribution in [0.15, 0.2) is 34.9 Å². The molecule has 0 amide bonds. The maximum atomic E-state index is 13.8. The third-order valence-corrected chi connectivity index (χ3v) is 2.76. The van der Waals surface area contributed by atoms with E-state index in [9.17, 15) is 4.39 Å². The first-order valence-corrected chi connectivity index (χ1v) is 5.45. The molecule has 0 aliphatic heterocycles. The highest BCUT2D eigenvalue weighted by atomic mass is 35.5. The van der Waals surface area contributed by atoms with Crippen LogP contribution >= 0.6 is 11.6 Å². The number of nitrogens with one attached hydrogen (secondary N) is 1. The molecule has 0 fully saturated rings. The summed E-state index contributed by atoms with van der Waals surface area (Å²) in [5.41, 5.74) is 3.76. The van der Waals surface area contributed by atoms with E-state index < -0.39 is 11.9 Å². The Balaban J connectivity index is 2.42. The largest absolute Gasteiger partial charge is 0.469 e. The Morgan fingerprint density at radius 2 is 2.18 bits per heavy atom. The zero-order valence-electron chi connectivity index (χ0n) is 9.21. The van der Waals surface area contributed by atoms with Gasteiger partial charge in [-0.3, -0.25) is 5.84 Å². The highest BCUT2D eigenvalue weighted by Crippen LogP contribution is 2.26. The summed E-state index contributed by atoms with van der Waals surface area (Å²) in [7, 11) is 0. The van der Waals surface area contributed by atoms with Gasteiger partial charge in [0.2, 0.25) is 0 Å². The SMILES string of the molecule is Cc1cc(C(NN)c2ccc(Cl)cc2F)co1. The van der Waals surface area contributed by atoms with Crippen LogP contribution in [-0.4, -0.2) is 0 Å². The topological polar surface area (TPSA) is 51.2 Å². The Bertz CT molecular complexity index is 527. The highest BCUT2D eigenvalue weighted by molar-refractivity contribution is 6.30. The summed E-state index contributed by atoms with van der Waals surface area (Å²) in [5, 5.41) is 0.352. The lowest BCUT2D eigenvalue weighted by Crippen LogP contribution is -2.29. The van der Waals surface area contributed by atoms with Crippen LogP contribution in [0.4, 0.5) is 4.39 Å². The lowest BCUT2D eigenvalue weighted by Gasteiger charge is -2.15. The quantitative estimate of drug-likeness (QED) is 0.654. The lowest BCUT2D eigenvalue weighted by atomic mass is 10.0. The second kappa shape index (κ2) is 4.87. The third kappa shape index (κ3) is 2.49. The highest BCUT2D eigenvalue weighted by Gasteiger charge is 2.18. The molecule has 1 aromatic heterocycles. The molecule has 1 atom stereocenters. The van der Waals surface area contributed by atoms with Crippen LogP contribution < -0.4 is 11.3 Å². The summed E-state index contributed by atoms with van der Waals surface area (Å²) in [6, 6.07) is 5.83. The fraction of sp³-hybridized carbons (Fsp3) is 0.167. The van der Waals surface area contributed by atoms with Crippen molar-refractivity contribution in [2.75, 3.05) is 0 Å². The van der Waals surface area contributed by atoms with Gasteiger partial charge in [0.25, 0.3) is 0 Å². The second-order valence-electron chi connectivity index (χ2n) is 3.76. The second-order valence-corrected chi connectivity index (χ2v) is 4.19. The van der Waals surface area contributed by atoms with Crippen LogP contribution in [0.3, 0.4) is 0 Å². The molecular formula is C12H12ClFN2O. The molecule has 0 saturated heterocycles. The van der Waals surface area contributed by atoms with Crippen molar-refractivity contribution in [2.24, 2.45) is 5.84 Å². The molecule has 90 valence electrons. The van der Waals surface area contributed by atoms with Gasteiger partial charge in [-0.25, -0.2) is 9.82 Å². The normalized spacial score (nSPS) is 12.7. The van der Waals surface area contributed by atoms with Crippen molar-refractivity contribution >= 4 is 11.6 Å². The first kappa shape index (κ1) is 12.1. The standard InChI is InChI=1S/C12H12ClFN2O/c1-7-4-8(6-17-7)12(16-15)10-3-2-9(13)5-11(10)14/h2-6,12,16H,15H2,1H3. The zero-order chi connectivity index (χ0) is 12.4. The van der Waals surface area contributed by atoms with E-state index in [1.54, 1.807) is 24.5 Å². The molecule has 0 radical (unpaired) electrons. The van der Waals surface area contributed by atoms with E-state index >= 15 is 0 Å². The predicted molar refractivity (Wildman–Crippen MR) is 64.0 cm³/mol. The van der Waals surface area contributed by atoms with Crippen LogP contribution in [0.5, 0.6) is 0 Å². The minimum absolute atomic E-state index is 0.352. The van der Waals surface area contributed by atoms with Gasteiger partial charge in [-0.05, 0) is 25.1 Å². The summed E-state index contributed by atoms with van der Waals surface area (Å²) in [4.78, 5) is 0. The van der Waals surface area contributed by atoms with E-state index in [-0.39, 0.29) is 0 Å². The molecule has 2 rings (SSSR count). The molecule has 3 nitrogen and oxygen atoms in total. The van der Waals surface area contributed by atoms with Gasteiger partial charge >= 0.3 is 0 Å². The number of nitrogens with two attached hydrogens (primary N) is 1. The minimum Gasteiger partial charge on any atom is -0.469 e. The Kier molecular flexibility index (Phi) is 3.47. The Labute approximate surface area is 103 Å². The number of hydrazine groups is 1. The number of benzene rings is 1. The smallest absolute Gasteiger partial charge is 0.129 e. The first-order chi connectivity index (χ1) is 8.11. The molecule has 0 aliphatic carbocycles. The monoisotopic (exact) mass is 254 g/mol. The number of halogens is 2. The number of furan rings is 1. The predicted octanol–water partition coefficient (Wildman–Crippen LogP) is 2.93. The molecule has 0 aliphatic rings. The van der Waals surface area contributed by atoms with E-state index in [0.29, 0.717) is 10.6 Å². The maximum absolute atomic E-state index is 13.8. The Morgan fingerprint density at radius 3 is 2.71 bits per heavy atom. The van der Waals surface area contributed by atoms with E-state index in [1.165, 1.54) is 6.07 Å². The minimum atomic E-state index is -0.454. The van der Waals surface area contributed by atoms with Crippen LogP contribution in [0.25, 0.3) is 0 Å². The van der Waals surface area contributed by atoms with E-state index in [1.807, 2.05) is 6.92 Å². The van der Waals surface area contributed by atoms with Crippen molar-refractivity contribution in [3.8, 4) is 0 Å². The summed E-state index contributed by atoms with van der Waals surface area (Å²) in [6.45, 7) is 1.81. The molecule has 0 bridgehead atoms. The van der Waals surface area contributed by atoms with Crippen molar-refractivity contribution in [3.63, 3.8) is 0 Å². The van der Waals surface area contributed by atoms with E-state index in [0.717, 1.165) is 11.3 Å². The van der Waals surface area contributed by atoms with Gasteiger partial charge in [0.1, 0.15) is 11.6 Å². The van der Waals surface area contributed by atoms with Crippen molar-refractivity contribution in [3.05, 3.63) is 58.3 Å². The lowest BCUT2D eigenvalue weighted by molar-refractivity contribution is 0.520. The molecule has 3 N–H and O–H groups in total. The summed E-state index contributed by atoms with van der Waals surface area (Å²) >= 11 is 5.70. The molecule has 5 heteroatoms. The molecule has 1 aromatic carbocycles. The van der Waals surface area contributed by atoms with Gasteiger partial charge < -0.3 is 4.42 Å². The fourth-order valence-electron chi connectivity index (χ4n) is 1.72. The number of aryl methyl sites for hydroxylation is 1. The number of hydrogen-bond acceptors (Lipinski definition) is 3. The third-order valence-electron chi connectivity index (χ3n) is 2.52. The van der Waals surface area contributed by atoms with Crippen LogP contribution in [0.2, 0.25) is 5.02 Å². The van der Waals surface area contributed by atoms with Gasteiger partial charge in [0, 0.05) is 16.1 Å². The molecule has 2 aromatic rings. The van der Waals surface area contributed by atoms with Crippen LogP contribution in [-0.2, 0) is 0 Å². The van der Waals surface area contributed by atoms with Gasteiger partial charge in [-0.1, -0.05) is 17.7 Å². The van der Waals surface area contributed by atoms with Crippen molar-refractivity contribution in [1.82, 2.24) is 5.43 Å². The molecule has 0 saturated carbocycles. The average molecular weight is 255 g/mol. The molecule has 0 spiro atoms. The van der Waals surface area contributed by atoms with Crippen molar-refractivity contribution in [2.45, 2.75) is 13.0 Å². The average Bonchev–Trinajstić information content (AvgIpc) is 2.69. The first-order valence-electron chi connectivity index (χ1n) is 5.08. The molecule has 1 heterocycles. The van der Waals surface area contributed by atoms with Crippen molar-refractivity contribution in [1.29, 1.82) is 0 Å². The zero-order valence-corrected chi connectivity index (χ0v) is 9.96. The summed E-state index contributed by atoms with van der Waals surface area (Å²) in [5.74, 6) is 5.80. The van der Waals surface area contributed by atoms with E-state index in [4.69, 9.17) is 21.9 Å². The van der Waals surface area contributed by atoms with Crippen LogP contribution in [0.1, 0.15) is 22.9 Å². The molecule has 17 heavy (non-hydrogen) atoms. The van der Waals surface area contributed by atoms with Crippen molar-refractivity contribution < 1.29 is 8.81 Å². The van der Waals surface area contributed by atoms with Gasteiger partial charge in [-0.15, -0.1) is 0 Å². The van der Waals surface area contributed by atoms with Gasteiger partial charge in [-0.2, -0.15) is 0 Å². The Morgan fingerprint density at radius 1 is 1.41 bits per heavy atom. The summed E-state index contributed by atoms with van der Waals surface area (Å²) < 4.78 is 19.0. The summed E-state index contributed by atoms with van der Waals surface area (Å²) in [6.07, 6.45) is 1.55. The van der Waals surface area contributed by atoms with Gasteiger partial charge in [0.05, 0.1) is 12.3 Å². The maximum Gasteiger partial charge on any atom is 0.129 e. The molecular weight excluding hydrogens is 243 g/mol. The van der Waals surface area contributed by atoms with Gasteiger partial charge in [0.15, 0.2) is 0 Å². The number of hydrogen-bond donors (Lipinski definition) is 2. The fourth-order valence-corrected chi connectivity index (χ4v) is 1.88. The van der Waals surface area contributed by atoms with E-state index in [2.05, 4.69) is 5.43 Å². The van der Waals surface area contributed by atoms with Crippen LogP contribution in [0, 0.1) is 12.7 Å². The molecule has 1 unspecified atom stereocenters. The Hall–Kier alpha value is -1.36. The number of rotatable bonds is 3.